The van der Waals surface area contributed by atoms with E-state index in [1.165, 1.54) is 19.3 Å². The summed E-state index contributed by atoms with van der Waals surface area (Å²) in [5.41, 5.74) is 0. The Morgan fingerprint density at radius 3 is 2.82 bits per heavy atom. The van der Waals surface area contributed by atoms with Crippen LogP contribution in [-0.2, 0) is 9.53 Å². The van der Waals surface area contributed by atoms with Crippen molar-refractivity contribution in [1.82, 2.24) is 10.2 Å². The van der Waals surface area contributed by atoms with Crippen LogP contribution < -0.4 is 5.32 Å². The maximum absolute atomic E-state index is 12.5. The Morgan fingerprint density at radius 1 is 1.18 bits per heavy atom. The van der Waals surface area contributed by atoms with Crippen LogP contribution in [0.5, 0.6) is 0 Å². The Morgan fingerprint density at radius 2 is 2.00 bits per heavy atom. The lowest BCUT2D eigenvalue weighted by Crippen LogP contribution is -2.55. The zero-order valence-corrected chi connectivity index (χ0v) is 10.4. The molecular weight excluding hydrogens is 216 g/mol. The Balaban J connectivity index is 1.67. The van der Waals surface area contributed by atoms with Gasteiger partial charge in [0.05, 0.1) is 18.8 Å². The lowest BCUT2D eigenvalue weighted by Gasteiger charge is -2.39. The molecule has 0 radical (unpaired) electrons. The highest BCUT2D eigenvalue weighted by Gasteiger charge is 2.40. The van der Waals surface area contributed by atoms with Crippen molar-refractivity contribution in [2.45, 2.75) is 44.2 Å². The van der Waals surface area contributed by atoms with Crippen molar-refractivity contribution < 1.29 is 9.53 Å². The molecule has 4 heteroatoms. The van der Waals surface area contributed by atoms with Crippen LogP contribution >= 0.6 is 0 Å². The highest BCUT2D eigenvalue weighted by Crippen LogP contribution is 2.28. The molecular formula is C13H22N2O2. The van der Waals surface area contributed by atoms with Crippen LogP contribution in [0.1, 0.15) is 32.1 Å². The largest absolute Gasteiger partial charge is 0.373 e. The van der Waals surface area contributed by atoms with Gasteiger partial charge in [-0.3, -0.25) is 4.79 Å². The molecule has 2 saturated heterocycles. The van der Waals surface area contributed by atoms with Gasteiger partial charge in [0.15, 0.2) is 0 Å². The summed E-state index contributed by atoms with van der Waals surface area (Å²) in [6, 6.07) is 0.290. The molecule has 2 atom stereocenters. The number of fused-ring (bicyclic) bond motifs is 1. The summed E-state index contributed by atoms with van der Waals surface area (Å²) in [6.45, 7) is 3.31. The van der Waals surface area contributed by atoms with Gasteiger partial charge in [-0.05, 0) is 12.8 Å². The summed E-state index contributed by atoms with van der Waals surface area (Å²) >= 11 is 0. The van der Waals surface area contributed by atoms with Crippen LogP contribution in [0.15, 0.2) is 0 Å². The Kier molecular flexibility index (Phi) is 3.34. The van der Waals surface area contributed by atoms with Crippen molar-refractivity contribution >= 4 is 5.91 Å². The highest BCUT2D eigenvalue weighted by atomic mass is 16.5. The van der Waals surface area contributed by atoms with Gasteiger partial charge in [-0.25, -0.2) is 0 Å². The lowest BCUT2D eigenvalue weighted by molar-refractivity contribution is -0.148. The first-order valence-electron chi connectivity index (χ1n) is 6.99. The number of ether oxygens (including phenoxy) is 1. The van der Waals surface area contributed by atoms with Crippen molar-refractivity contribution in [2.24, 2.45) is 5.92 Å². The summed E-state index contributed by atoms with van der Waals surface area (Å²) in [5.74, 6) is 0.690. The molecule has 3 fully saturated rings. The van der Waals surface area contributed by atoms with Gasteiger partial charge < -0.3 is 15.0 Å². The van der Waals surface area contributed by atoms with Crippen molar-refractivity contribution in [3.05, 3.63) is 0 Å². The molecule has 0 aromatic rings. The lowest BCUT2D eigenvalue weighted by atomic mass is 9.87. The van der Waals surface area contributed by atoms with Crippen molar-refractivity contribution in [3.63, 3.8) is 0 Å². The predicted octanol–water partition coefficient (Wildman–Crippen LogP) is 0.766. The average molecular weight is 238 g/mol. The van der Waals surface area contributed by atoms with E-state index in [9.17, 15) is 4.79 Å². The standard InChI is InChI=1S/C13H22N2O2/c16-13(10-4-2-1-3-5-10)15-6-7-17-12-9-14-8-11(12)15/h10-12,14H,1-9H2/t11-,12+/m0/s1. The summed E-state index contributed by atoms with van der Waals surface area (Å²) < 4.78 is 5.71. The number of amides is 1. The first-order chi connectivity index (χ1) is 8.36. The Labute approximate surface area is 103 Å². The summed E-state index contributed by atoms with van der Waals surface area (Å²) in [6.07, 6.45) is 6.19. The van der Waals surface area contributed by atoms with Gasteiger partial charge in [0.2, 0.25) is 5.91 Å². The number of carbonyl (C=O) groups excluding carboxylic acids is 1. The van der Waals surface area contributed by atoms with E-state index in [-0.39, 0.29) is 12.1 Å². The maximum Gasteiger partial charge on any atom is 0.226 e. The number of rotatable bonds is 1. The fraction of sp³-hybridized carbons (Fsp3) is 0.923. The molecule has 3 rings (SSSR count). The van der Waals surface area contributed by atoms with E-state index in [0.717, 1.165) is 32.5 Å². The van der Waals surface area contributed by atoms with Crippen LogP contribution in [0.2, 0.25) is 0 Å². The third kappa shape index (κ3) is 2.20. The monoisotopic (exact) mass is 238 g/mol. The third-order valence-electron chi connectivity index (χ3n) is 4.43. The van der Waals surface area contributed by atoms with E-state index in [4.69, 9.17) is 4.74 Å². The minimum atomic E-state index is 0.233. The maximum atomic E-state index is 12.5. The van der Waals surface area contributed by atoms with Gasteiger partial charge in [-0.15, -0.1) is 0 Å². The minimum Gasteiger partial charge on any atom is -0.373 e. The van der Waals surface area contributed by atoms with E-state index in [2.05, 4.69) is 10.2 Å². The smallest absolute Gasteiger partial charge is 0.226 e. The fourth-order valence-corrected chi connectivity index (χ4v) is 3.45. The second-order valence-electron chi connectivity index (χ2n) is 5.50. The summed E-state index contributed by atoms with van der Waals surface area (Å²) in [5, 5.41) is 3.33. The molecule has 17 heavy (non-hydrogen) atoms. The number of nitrogens with one attached hydrogen (secondary N) is 1. The van der Waals surface area contributed by atoms with Crippen molar-refractivity contribution in [1.29, 1.82) is 0 Å². The molecule has 0 unspecified atom stereocenters. The normalized spacial score (nSPS) is 34.7. The molecule has 0 bridgehead atoms. The van der Waals surface area contributed by atoms with E-state index < -0.39 is 0 Å². The second kappa shape index (κ2) is 4.94. The molecule has 3 aliphatic rings. The number of nitrogens with zero attached hydrogens (tertiary/aromatic N) is 1. The predicted molar refractivity (Wildman–Crippen MR) is 64.7 cm³/mol. The van der Waals surface area contributed by atoms with Gasteiger partial charge in [0, 0.05) is 25.6 Å². The molecule has 1 saturated carbocycles. The number of hydrogen-bond acceptors (Lipinski definition) is 3. The highest BCUT2D eigenvalue weighted by molar-refractivity contribution is 5.79. The first kappa shape index (κ1) is 11.5. The van der Waals surface area contributed by atoms with Crippen LogP contribution in [0.3, 0.4) is 0 Å². The van der Waals surface area contributed by atoms with Gasteiger partial charge in [-0.1, -0.05) is 19.3 Å². The molecule has 2 aliphatic heterocycles. The second-order valence-corrected chi connectivity index (χ2v) is 5.50. The first-order valence-corrected chi connectivity index (χ1v) is 6.99. The quantitative estimate of drug-likeness (QED) is 0.733. The molecule has 2 heterocycles. The van der Waals surface area contributed by atoms with E-state index in [1.807, 2.05) is 0 Å². The topological polar surface area (TPSA) is 41.6 Å². The van der Waals surface area contributed by atoms with Gasteiger partial charge >= 0.3 is 0 Å². The number of morpholine rings is 1. The number of carbonyl (C=O) groups is 1. The molecule has 1 aliphatic carbocycles. The summed E-state index contributed by atoms with van der Waals surface area (Å²) in [4.78, 5) is 14.6. The third-order valence-corrected chi connectivity index (χ3v) is 4.43. The Bertz CT molecular complexity index is 289. The molecule has 0 aromatic carbocycles. The molecule has 0 aromatic heterocycles. The van der Waals surface area contributed by atoms with E-state index in [0.29, 0.717) is 18.4 Å². The SMILES string of the molecule is O=C(C1CCCCC1)N1CCO[C@@H]2CNC[C@@H]21. The zero-order valence-electron chi connectivity index (χ0n) is 10.4. The van der Waals surface area contributed by atoms with Crippen LogP contribution in [0.25, 0.3) is 0 Å². The molecule has 1 amide bonds. The fourth-order valence-electron chi connectivity index (χ4n) is 3.45. The molecule has 0 spiro atoms. The molecule has 1 N–H and O–H groups in total. The van der Waals surface area contributed by atoms with Crippen LogP contribution in [-0.4, -0.2) is 49.2 Å². The van der Waals surface area contributed by atoms with Gasteiger partial charge in [-0.2, -0.15) is 0 Å². The minimum absolute atomic E-state index is 0.233. The average Bonchev–Trinajstić information content (AvgIpc) is 2.87. The summed E-state index contributed by atoms with van der Waals surface area (Å²) in [7, 11) is 0. The van der Waals surface area contributed by atoms with Gasteiger partial charge in [0.1, 0.15) is 0 Å². The zero-order chi connectivity index (χ0) is 11.7. The molecule has 96 valence electrons. The van der Waals surface area contributed by atoms with Crippen LogP contribution in [0.4, 0.5) is 0 Å². The van der Waals surface area contributed by atoms with Crippen molar-refractivity contribution in [3.8, 4) is 0 Å². The molecule has 4 nitrogen and oxygen atoms in total. The van der Waals surface area contributed by atoms with Crippen LogP contribution in [0, 0.1) is 5.92 Å². The van der Waals surface area contributed by atoms with E-state index >= 15 is 0 Å². The number of hydrogen-bond donors (Lipinski definition) is 1. The Hall–Kier alpha value is -0.610. The van der Waals surface area contributed by atoms with Crippen molar-refractivity contribution in [2.75, 3.05) is 26.2 Å². The van der Waals surface area contributed by atoms with Gasteiger partial charge in [0.25, 0.3) is 0 Å². The van der Waals surface area contributed by atoms with E-state index in [1.54, 1.807) is 0 Å².